The van der Waals surface area contributed by atoms with E-state index in [9.17, 15) is 13.2 Å². The van der Waals surface area contributed by atoms with Crippen LogP contribution in [0.15, 0.2) is 12.4 Å². The van der Waals surface area contributed by atoms with Crippen molar-refractivity contribution in [3.63, 3.8) is 0 Å². The topological polar surface area (TPSA) is 89.5 Å². The van der Waals surface area contributed by atoms with Gasteiger partial charge < -0.3 is 9.64 Å². The number of hydrogen-bond donors (Lipinski definition) is 0. The molecule has 0 unspecified atom stereocenters. The Morgan fingerprint density at radius 1 is 1.35 bits per heavy atom. The van der Waals surface area contributed by atoms with Crippen LogP contribution >= 0.6 is 0 Å². The van der Waals surface area contributed by atoms with Crippen molar-refractivity contribution in [2.75, 3.05) is 24.7 Å². The van der Waals surface area contributed by atoms with Crippen molar-refractivity contribution in [3.05, 3.63) is 18.1 Å². The zero-order chi connectivity index (χ0) is 17.3. The summed E-state index contributed by atoms with van der Waals surface area (Å²) in [5.74, 6) is 0.0238. The highest BCUT2D eigenvalue weighted by molar-refractivity contribution is 7.91. The molecule has 1 amide bonds. The third-order valence-electron chi connectivity index (χ3n) is 3.83. The predicted octanol–water partition coefficient (Wildman–Crippen LogP) is 1.16. The minimum Gasteiger partial charge on any atom is -0.477 e. The zero-order valence-corrected chi connectivity index (χ0v) is 14.8. The fourth-order valence-electron chi connectivity index (χ4n) is 2.56. The standard InChI is InChI=1S/C15H23N3O4S/c1-5-22-13-9-16-11(8-17-13)14(19)18-6-7-23(20,21)10-12(18)15(2,3)4/h8-9,12H,5-7,10H2,1-4H3/t12-/m0/s1. The maximum Gasteiger partial charge on any atom is 0.274 e. The van der Waals surface area contributed by atoms with Crippen LogP contribution in [-0.4, -0.2) is 59.9 Å². The summed E-state index contributed by atoms with van der Waals surface area (Å²) < 4.78 is 29.1. The van der Waals surface area contributed by atoms with Gasteiger partial charge in [0, 0.05) is 6.54 Å². The lowest BCUT2D eigenvalue weighted by Crippen LogP contribution is -2.56. The normalized spacial score (nSPS) is 21.0. The second-order valence-corrected chi connectivity index (χ2v) is 8.90. The number of sulfone groups is 1. The Morgan fingerprint density at radius 2 is 2.04 bits per heavy atom. The lowest BCUT2D eigenvalue weighted by atomic mass is 9.86. The summed E-state index contributed by atoms with van der Waals surface area (Å²) >= 11 is 0. The minimum absolute atomic E-state index is 0.0181. The van der Waals surface area contributed by atoms with Crippen molar-refractivity contribution >= 4 is 15.7 Å². The van der Waals surface area contributed by atoms with E-state index in [4.69, 9.17) is 4.74 Å². The number of nitrogens with zero attached hydrogens (tertiary/aromatic N) is 3. The van der Waals surface area contributed by atoms with E-state index in [1.54, 1.807) is 4.90 Å². The van der Waals surface area contributed by atoms with E-state index in [0.29, 0.717) is 12.5 Å². The molecule has 1 fully saturated rings. The molecular weight excluding hydrogens is 318 g/mol. The van der Waals surface area contributed by atoms with Gasteiger partial charge in [0.25, 0.3) is 5.91 Å². The first-order valence-electron chi connectivity index (χ1n) is 7.60. The SMILES string of the molecule is CCOc1cnc(C(=O)N2CCS(=O)(=O)C[C@H]2C(C)(C)C)cn1. The first-order chi connectivity index (χ1) is 10.6. The average molecular weight is 341 g/mol. The van der Waals surface area contributed by atoms with E-state index in [0.717, 1.165) is 0 Å². The summed E-state index contributed by atoms with van der Waals surface area (Å²) in [6.07, 6.45) is 2.78. The summed E-state index contributed by atoms with van der Waals surface area (Å²) in [6.45, 7) is 8.28. The Bertz CT molecular complexity index is 665. The summed E-state index contributed by atoms with van der Waals surface area (Å²) in [5, 5.41) is 0. The minimum atomic E-state index is -3.13. The third kappa shape index (κ3) is 4.19. The summed E-state index contributed by atoms with van der Waals surface area (Å²) in [7, 11) is -3.13. The van der Waals surface area contributed by atoms with Crippen LogP contribution in [0.5, 0.6) is 5.88 Å². The molecule has 1 aliphatic rings. The number of ether oxygens (including phenoxy) is 1. The Kier molecular flexibility index (Phi) is 4.93. The van der Waals surface area contributed by atoms with Gasteiger partial charge in [-0.3, -0.25) is 4.79 Å². The van der Waals surface area contributed by atoms with Crippen LogP contribution in [0, 0.1) is 5.41 Å². The van der Waals surface area contributed by atoms with Crippen LogP contribution in [0.3, 0.4) is 0 Å². The molecule has 2 rings (SSSR count). The first-order valence-corrected chi connectivity index (χ1v) is 9.42. The third-order valence-corrected chi connectivity index (χ3v) is 5.46. The molecule has 8 heteroatoms. The quantitative estimate of drug-likeness (QED) is 0.819. The molecule has 1 saturated heterocycles. The molecular formula is C15H23N3O4S. The van der Waals surface area contributed by atoms with Gasteiger partial charge in [0.15, 0.2) is 9.84 Å². The Balaban J connectivity index is 2.25. The fourth-order valence-corrected chi connectivity index (χ4v) is 4.37. The van der Waals surface area contributed by atoms with Gasteiger partial charge in [-0.1, -0.05) is 20.8 Å². The largest absolute Gasteiger partial charge is 0.477 e. The van der Waals surface area contributed by atoms with Gasteiger partial charge >= 0.3 is 0 Å². The van der Waals surface area contributed by atoms with Crippen LogP contribution in [0.25, 0.3) is 0 Å². The highest BCUT2D eigenvalue weighted by atomic mass is 32.2. The van der Waals surface area contributed by atoms with Gasteiger partial charge in [-0.2, -0.15) is 0 Å². The molecule has 23 heavy (non-hydrogen) atoms. The van der Waals surface area contributed by atoms with Crippen LogP contribution in [0.1, 0.15) is 38.2 Å². The summed E-state index contributed by atoms with van der Waals surface area (Å²) in [5.41, 5.74) is -0.149. The Morgan fingerprint density at radius 3 is 2.57 bits per heavy atom. The molecule has 0 aliphatic carbocycles. The molecule has 0 aromatic carbocycles. The molecule has 128 valence electrons. The molecule has 1 aromatic rings. The smallest absolute Gasteiger partial charge is 0.274 e. The molecule has 1 aromatic heterocycles. The van der Waals surface area contributed by atoms with E-state index < -0.39 is 9.84 Å². The van der Waals surface area contributed by atoms with Gasteiger partial charge in [0.05, 0.1) is 36.5 Å². The van der Waals surface area contributed by atoms with E-state index in [2.05, 4.69) is 9.97 Å². The van der Waals surface area contributed by atoms with Crippen molar-refractivity contribution in [1.29, 1.82) is 0 Å². The Hall–Kier alpha value is -1.70. The average Bonchev–Trinajstić information content (AvgIpc) is 2.46. The van der Waals surface area contributed by atoms with Crippen molar-refractivity contribution in [2.24, 2.45) is 5.41 Å². The number of rotatable bonds is 3. The van der Waals surface area contributed by atoms with Crippen LogP contribution in [0.4, 0.5) is 0 Å². The molecule has 7 nitrogen and oxygen atoms in total. The van der Waals surface area contributed by atoms with Crippen LogP contribution < -0.4 is 4.74 Å². The van der Waals surface area contributed by atoms with E-state index in [1.165, 1.54) is 12.4 Å². The van der Waals surface area contributed by atoms with Gasteiger partial charge in [0.1, 0.15) is 5.69 Å². The molecule has 2 heterocycles. The number of hydrogen-bond acceptors (Lipinski definition) is 6. The number of amides is 1. The van der Waals surface area contributed by atoms with Crippen molar-refractivity contribution in [2.45, 2.75) is 33.7 Å². The summed E-state index contributed by atoms with van der Waals surface area (Å²) in [6, 6.07) is -0.387. The molecule has 1 atom stereocenters. The van der Waals surface area contributed by atoms with E-state index >= 15 is 0 Å². The summed E-state index contributed by atoms with van der Waals surface area (Å²) in [4.78, 5) is 22.5. The van der Waals surface area contributed by atoms with E-state index in [1.807, 2.05) is 27.7 Å². The van der Waals surface area contributed by atoms with Crippen LogP contribution in [0.2, 0.25) is 0 Å². The Labute approximate surface area is 137 Å². The van der Waals surface area contributed by atoms with Gasteiger partial charge in [-0.25, -0.2) is 18.4 Å². The fraction of sp³-hybridized carbons (Fsp3) is 0.667. The lowest BCUT2D eigenvalue weighted by Gasteiger charge is -2.42. The number of carbonyl (C=O) groups excluding carboxylic acids is 1. The van der Waals surface area contributed by atoms with Crippen molar-refractivity contribution in [1.82, 2.24) is 14.9 Å². The zero-order valence-electron chi connectivity index (χ0n) is 13.9. The molecule has 0 N–H and O–H groups in total. The van der Waals surface area contributed by atoms with Crippen molar-refractivity contribution < 1.29 is 17.9 Å². The van der Waals surface area contributed by atoms with Gasteiger partial charge in [-0.05, 0) is 12.3 Å². The maximum absolute atomic E-state index is 12.7. The monoisotopic (exact) mass is 341 g/mol. The molecule has 0 saturated carbocycles. The predicted molar refractivity (Wildman–Crippen MR) is 86.1 cm³/mol. The number of carbonyl (C=O) groups is 1. The van der Waals surface area contributed by atoms with Gasteiger partial charge in [0.2, 0.25) is 5.88 Å². The number of aromatic nitrogens is 2. The molecule has 0 radical (unpaired) electrons. The van der Waals surface area contributed by atoms with Crippen LogP contribution in [-0.2, 0) is 9.84 Å². The second-order valence-electron chi connectivity index (χ2n) is 6.67. The highest BCUT2D eigenvalue weighted by Gasteiger charge is 2.41. The van der Waals surface area contributed by atoms with E-state index in [-0.39, 0.29) is 41.1 Å². The molecule has 0 spiro atoms. The van der Waals surface area contributed by atoms with Crippen molar-refractivity contribution in [3.8, 4) is 5.88 Å². The second kappa shape index (κ2) is 6.43. The lowest BCUT2D eigenvalue weighted by molar-refractivity contribution is 0.0555. The molecule has 1 aliphatic heterocycles. The first kappa shape index (κ1) is 17.7. The van der Waals surface area contributed by atoms with Gasteiger partial charge in [-0.15, -0.1) is 0 Å². The molecule has 0 bridgehead atoms. The highest BCUT2D eigenvalue weighted by Crippen LogP contribution is 2.29. The maximum atomic E-state index is 12.7.